The number of amides is 2. The molecule has 1 aliphatic carbocycles. The first-order chi connectivity index (χ1) is 12.7. The van der Waals surface area contributed by atoms with Crippen molar-refractivity contribution in [3.8, 4) is 5.75 Å². The Balaban J connectivity index is 1.38. The lowest BCUT2D eigenvalue weighted by Gasteiger charge is -2.29. The van der Waals surface area contributed by atoms with Gasteiger partial charge in [0.15, 0.2) is 11.7 Å². The molecular formula is C19H21N3O3S. The van der Waals surface area contributed by atoms with Crippen LogP contribution in [0.1, 0.15) is 36.3 Å². The van der Waals surface area contributed by atoms with Crippen LogP contribution in [0.25, 0.3) is 0 Å². The summed E-state index contributed by atoms with van der Waals surface area (Å²) in [7, 11) is 0. The van der Waals surface area contributed by atoms with Crippen molar-refractivity contribution >= 4 is 34.0 Å². The zero-order chi connectivity index (χ0) is 17.9. The van der Waals surface area contributed by atoms with Crippen LogP contribution >= 0.6 is 11.3 Å². The number of carbonyl (C=O) groups is 2. The van der Waals surface area contributed by atoms with E-state index < -0.39 is 0 Å². The average molecular weight is 371 g/mol. The Morgan fingerprint density at radius 1 is 1.23 bits per heavy atom. The lowest BCUT2D eigenvalue weighted by molar-refractivity contribution is -0.121. The van der Waals surface area contributed by atoms with E-state index in [9.17, 15) is 9.59 Å². The molecule has 2 heterocycles. The molecule has 26 heavy (non-hydrogen) atoms. The van der Waals surface area contributed by atoms with E-state index in [2.05, 4.69) is 10.3 Å². The summed E-state index contributed by atoms with van der Waals surface area (Å²) in [5, 5.41) is 3.57. The first-order valence-electron chi connectivity index (χ1n) is 9.01. The molecule has 0 atom stereocenters. The fraction of sp³-hybridized carbons (Fsp3) is 0.421. The maximum Gasteiger partial charge on any atom is 0.265 e. The number of thiazole rings is 1. The molecule has 2 aromatic rings. The number of fused-ring (bicyclic) bond motifs is 2. The van der Waals surface area contributed by atoms with E-state index in [4.69, 9.17) is 4.74 Å². The Labute approximate surface area is 156 Å². The summed E-state index contributed by atoms with van der Waals surface area (Å²) in [5.41, 5.74) is 1.86. The monoisotopic (exact) mass is 371 g/mol. The molecular weight excluding hydrogens is 350 g/mol. The summed E-state index contributed by atoms with van der Waals surface area (Å²) in [5.74, 6) is 0.430. The molecule has 1 aromatic carbocycles. The Morgan fingerprint density at radius 3 is 3.00 bits per heavy atom. The first kappa shape index (κ1) is 17.0. The molecule has 0 saturated carbocycles. The fourth-order valence-corrected chi connectivity index (χ4v) is 4.44. The van der Waals surface area contributed by atoms with Crippen molar-refractivity contribution in [2.45, 2.75) is 38.5 Å². The maximum absolute atomic E-state index is 12.3. The van der Waals surface area contributed by atoms with Gasteiger partial charge in [0.1, 0.15) is 5.75 Å². The molecule has 0 unspecified atom stereocenters. The molecule has 0 bridgehead atoms. The van der Waals surface area contributed by atoms with Crippen molar-refractivity contribution in [1.29, 1.82) is 0 Å². The summed E-state index contributed by atoms with van der Waals surface area (Å²) in [6.45, 7) is 0.341. The molecule has 2 amide bonds. The molecule has 1 aliphatic heterocycles. The number of carbonyl (C=O) groups excluding carboxylic acids is 2. The summed E-state index contributed by atoms with van der Waals surface area (Å²) < 4.78 is 5.43. The van der Waals surface area contributed by atoms with Crippen LogP contribution in [0.15, 0.2) is 24.3 Å². The van der Waals surface area contributed by atoms with Gasteiger partial charge in [-0.15, -0.1) is 11.3 Å². The van der Waals surface area contributed by atoms with Gasteiger partial charge in [0, 0.05) is 17.8 Å². The number of aromatic nitrogens is 1. The third kappa shape index (κ3) is 3.58. The second-order valence-electron chi connectivity index (χ2n) is 6.55. The van der Waals surface area contributed by atoms with Gasteiger partial charge in [-0.3, -0.25) is 9.59 Å². The van der Waals surface area contributed by atoms with Crippen LogP contribution in [-0.4, -0.2) is 29.9 Å². The van der Waals surface area contributed by atoms with Crippen LogP contribution in [0.3, 0.4) is 0 Å². The van der Waals surface area contributed by atoms with E-state index in [0.717, 1.165) is 24.2 Å². The molecule has 0 radical (unpaired) electrons. The number of para-hydroxylation sites is 2. The number of aryl methyl sites for hydroxylation is 2. The quantitative estimate of drug-likeness (QED) is 0.838. The smallest absolute Gasteiger partial charge is 0.265 e. The summed E-state index contributed by atoms with van der Waals surface area (Å²) >= 11 is 1.58. The Hall–Kier alpha value is -2.41. The lowest BCUT2D eigenvalue weighted by atomic mass is 10.2. The van der Waals surface area contributed by atoms with Crippen molar-refractivity contribution in [2.24, 2.45) is 0 Å². The number of rotatable bonds is 4. The second kappa shape index (κ2) is 7.45. The zero-order valence-electron chi connectivity index (χ0n) is 14.5. The van der Waals surface area contributed by atoms with Crippen LogP contribution in [0.4, 0.5) is 10.8 Å². The van der Waals surface area contributed by atoms with Gasteiger partial charge in [0.2, 0.25) is 5.91 Å². The molecule has 2 aliphatic rings. The predicted octanol–water partition coefficient (Wildman–Crippen LogP) is 3.17. The Kier molecular flexibility index (Phi) is 4.88. The third-order valence-corrected chi connectivity index (χ3v) is 5.79. The highest BCUT2D eigenvalue weighted by Crippen LogP contribution is 2.32. The molecule has 0 fully saturated rings. The van der Waals surface area contributed by atoms with Crippen LogP contribution < -0.4 is 15.0 Å². The average Bonchev–Trinajstić information content (AvgIpc) is 2.89. The summed E-state index contributed by atoms with van der Waals surface area (Å²) in [4.78, 5) is 32.0. The zero-order valence-corrected chi connectivity index (χ0v) is 15.3. The number of nitrogens with one attached hydrogen (secondary N) is 1. The summed E-state index contributed by atoms with van der Waals surface area (Å²) in [6, 6.07) is 7.39. The molecule has 6 nitrogen and oxygen atoms in total. The van der Waals surface area contributed by atoms with E-state index in [-0.39, 0.29) is 24.8 Å². The Morgan fingerprint density at radius 2 is 2.08 bits per heavy atom. The number of benzene rings is 1. The minimum absolute atomic E-state index is 0.0117. The van der Waals surface area contributed by atoms with Gasteiger partial charge in [-0.2, -0.15) is 0 Å². The first-order valence-corrected chi connectivity index (χ1v) is 9.83. The fourth-order valence-electron chi connectivity index (χ4n) is 3.38. The largest absolute Gasteiger partial charge is 0.482 e. The Bertz CT molecular complexity index is 810. The van der Waals surface area contributed by atoms with Crippen LogP contribution in [0, 0.1) is 0 Å². The molecule has 7 heteroatoms. The number of nitrogens with zero attached hydrogens (tertiary/aromatic N) is 2. The van der Waals surface area contributed by atoms with E-state index in [1.165, 1.54) is 24.1 Å². The minimum Gasteiger partial charge on any atom is -0.482 e. The highest BCUT2D eigenvalue weighted by atomic mass is 32.1. The topological polar surface area (TPSA) is 71.5 Å². The van der Waals surface area contributed by atoms with Crippen molar-refractivity contribution in [3.05, 3.63) is 34.8 Å². The molecule has 4 rings (SSSR count). The van der Waals surface area contributed by atoms with Crippen LogP contribution in [0.5, 0.6) is 5.75 Å². The minimum atomic E-state index is -0.127. The van der Waals surface area contributed by atoms with Gasteiger partial charge >= 0.3 is 0 Å². The van der Waals surface area contributed by atoms with Crippen molar-refractivity contribution in [1.82, 2.24) is 4.98 Å². The maximum atomic E-state index is 12.3. The van der Waals surface area contributed by atoms with Gasteiger partial charge in [-0.1, -0.05) is 18.6 Å². The molecule has 0 spiro atoms. The predicted molar refractivity (Wildman–Crippen MR) is 101 cm³/mol. The van der Waals surface area contributed by atoms with Gasteiger partial charge in [0.05, 0.1) is 11.4 Å². The van der Waals surface area contributed by atoms with Crippen molar-refractivity contribution in [2.75, 3.05) is 23.4 Å². The summed E-state index contributed by atoms with van der Waals surface area (Å²) in [6.07, 6.45) is 5.90. The molecule has 0 saturated heterocycles. The molecule has 1 N–H and O–H groups in total. The van der Waals surface area contributed by atoms with E-state index in [0.29, 0.717) is 17.4 Å². The highest BCUT2D eigenvalue weighted by molar-refractivity contribution is 7.15. The second-order valence-corrected chi connectivity index (χ2v) is 7.63. The van der Waals surface area contributed by atoms with Crippen LogP contribution in [0.2, 0.25) is 0 Å². The number of hydrogen-bond donors (Lipinski definition) is 1. The van der Waals surface area contributed by atoms with Gasteiger partial charge in [0.25, 0.3) is 5.91 Å². The van der Waals surface area contributed by atoms with E-state index in [1.54, 1.807) is 16.2 Å². The number of ether oxygens (including phenoxy) is 1. The van der Waals surface area contributed by atoms with Crippen molar-refractivity contribution < 1.29 is 14.3 Å². The number of hydrogen-bond acceptors (Lipinski definition) is 5. The number of anilines is 2. The molecule has 1 aromatic heterocycles. The van der Waals surface area contributed by atoms with Crippen molar-refractivity contribution in [3.63, 3.8) is 0 Å². The normalized spacial score (nSPS) is 16.3. The highest BCUT2D eigenvalue weighted by Gasteiger charge is 2.25. The van der Waals surface area contributed by atoms with Gasteiger partial charge in [-0.05, 0) is 37.8 Å². The lowest BCUT2D eigenvalue weighted by Crippen LogP contribution is -2.40. The molecule has 136 valence electrons. The third-order valence-electron chi connectivity index (χ3n) is 4.71. The SMILES string of the molecule is O=C(CCN1C(=O)COc2ccccc21)Nc1nc2c(s1)CCCCC2. The van der Waals surface area contributed by atoms with E-state index >= 15 is 0 Å². The van der Waals surface area contributed by atoms with E-state index in [1.807, 2.05) is 24.3 Å². The van der Waals surface area contributed by atoms with Gasteiger partial charge in [-0.25, -0.2) is 4.98 Å². The standard InChI is InChI=1S/C19H21N3O3S/c23-17(21-19-20-13-6-2-1-3-9-16(13)26-19)10-11-22-14-7-4-5-8-15(14)25-12-18(22)24/h4-5,7-8H,1-3,6,9-12H2,(H,20,21,23). The van der Waals surface area contributed by atoms with Gasteiger partial charge < -0.3 is 15.0 Å². The van der Waals surface area contributed by atoms with Crippen LogP contribution in [-0.2, 0) is 22.4 Å².